The number of ether oxygens (including phenoxy) is 2. The smallest absolute Gasteiger partial charge is 0.251 e. The van der Waals surface area contributed by atoms with Crippen molar-refractivity contribution in [2.24, 2.45) is 0 Å². The highest BCUT2D eigenvalue weighted by atomic mass is 35.5. The normalized spacial score (nSPS) is 21.9. The molecule has 2 aliphatic heterocycles. The van der Waals surface area contributed by atoms with Gasteiger partial charge >= 0.3 is 0 Å². The van der Waals surface area contributed by atoms with Gasteiger partial charge in [-0.1, -0.05) is 23.2 Å². The second-order valence-electron chi connectivity index (χ2n) is 6.09. The lowest BCUT2D eigenvalue weighted by atomic mass is 10.2. The standard InChI is InChI=1S/C17H22Cl2N2O3/c18-13-3-4-14(19)16(12-13)24-11-9-20-5-7-21(8-6-20)17(22)15-2-1-10-23-15/h3-4,12,15H,1-2,5-11H2. The maximum atomic E-state index is 12.3. The highest BCUT2D eigenvalue weighted by molar-refractivity contribution is 6.34. The van der Waals surface area contributed by atoms with Crippen LogP contribution in [-0.2, 0) is 9.53 Å². The number of carbonyl (C=O) groups excluding carboxylic acids is 1. The van der Waals surface area contributed by atoms with E-state index in [0.717, 1.165) is 45.6 Å². The predicted molar refractivity (Wildman–Crippen MR) is 94.0 cm³/mol. The summed E-state index contributed by atoms with van der Waals surface area (Å²) in [6.07, 6.45) is 1.62. The van der Waals surface area contributed by atoms with E-state index in [1.165, 1.54) is 0 Å². The number of halogens is 2. The quantitative estimate of drug-likeness (QED) is 0.796. The monoisotopic (exact) mass is 372 g/mol. The third-order valence-corrected chi connectivity index (χ3v) is 4.99. The van der Waals surface area contributed by atoms with Gasteiger partial charge in [-0.05, 0) is 25.0 Å². The topological polar surface area (TPSA) is 42.0 Å². The number of amides is 1. The van der Waals surface area contributed by atoms with Gasteiger partial charge in [-0.3, -0.25) is 9.69 Å². The summed E-state index contributed by atoms with van der Waals surface area (Å²) >= 11 is 12.0. The molecule has 2 heterocycles. The number of benzene rings is 1. The zero-order valence-electron chi connectivity index (χ0n) is 13.5. The van der Waals surface area contributed by atoms with Crippen molar-refractivity contribution in [3.8, 4) is 5.75 Å². The minimum absolute atomic E-state index is 0.147. The fourth-order valence-corrected chi connectivity index (χ4v) is 3.37. The fourth-order valence-electron chi connectivity index (χ4n) is 3.04. The average Bonchev–Trinajstić information content (AvgIpc) is 3.12. The largest absolute Gasteiger partial charge is 0.491 e. The van der Waals surface area contributed by atoms with Crippen molar-refractivity contribution in [2.45, 2.75) is 18.9 Å². The summed E-state index contributed by atoms with van der Waals surface area (Å²) in [5, 5.41) is 1.17. The number of nitrogens with zero attached hydrogens (tertiary/aromatic N) is 2. The molecule has 0 N–H and O–H groups in total. The van der Waals surface area contributed by atoms with Crippen LogP contribution < -0.4 is 4.74 Å². The van der Waals surface area contributed by atoms with Crippen LogP contribution in [0.4, 0.5) is 0 Å². The van der Waals surface area contributed by atoms with E-state index in [9.17, 15) is 4.79 Å². The van der Waals surface area contributed by atoms with Crippen molar-refractivity contribution in [1.29, 1.82) is 0 Å². The van der Waals surface area contributed by atoms with Gasteiger partial charge in [-0.25, -0.2) is 0 Å². The summed E-state index contributed by atoms with van der Waals surface area (Å²) in [7, 11) is 0. The molecule has 3 rings (SSSR count). The third kappa shape index (κ3) is 4.54. The summed E-state index contributed by atoms with van der Waals surface area (Å²) in [6.45, 7) is 5.24. The van der Waals surface area contributed by atoms with Crippen molar-refractivity contribution in [3.05, 3.63) is 28.2 Å². The molecule has 24 heavy (non-hydrogen) atoms. The third-order valence-electron chi connectivity index (χ3n) is 4.45. The molecule has 2 fully saturated rings. The molecule has 1 amide bonds. The Labute approximate surface area is 152 Å². The van der Waals surface area contributed by atoms with Gasteiger partial charge in [0.15, 0.2) is 0 Å². The zero-order valence-corrected chi connectivity index (χ0v) is 15.1. The van der Waals surface area contributed by atoms with Gasteiger partial charge in [0.25, 0.3) is 5.91 Å². The average molecular weight is 373 g/mol. The van der Waals surface area contributed by atoms with E-state index in [0.29, 0.717) is 29.0 Å². The van der Waals surface area contributed by atoms with Gasteiger partial charge in [-0.15, -0.1) is 0 Å². The molecule has 7 heteroatoms. The Morgan fingerprint density at radius 3 is 2.75 bits per heavy atom. The van der Waals surface area contributed by atoms with E-state index in [1.54, 1.807) is 18.2 Å². The lowest BCUT2D eigenvalue weighted by Crippen LogP contribution is -2.52. The molecule has 0 spiro atoms. The molecule has 1 aromatic rings. The van der Waals surface area contributed by atoms with E-state index < -0.39 is 0 Å². The first-order valence-corrected chi connectivity index (χ1v) is 9.09. The number of rotatable bonds is 5. The number of hydrogen-bond acceptors (Lipinski definition) is 4. The maximum Gasteiger partial charge on any atom is 0.251 e. The molecule has 0 aromatic heterocycles. The maximum absolute atomic E-state index is 12.3. The van der Waals surface area contributed by atoms with Gasteiger partial charge in [0.1, 0.15) is 18.5 Å². The number of hydrogen-bond donors (Lipinski definition) is 0. The Kier molecular flexibility index (Phi) is 6.22. The van der Waals surface area contributed by atoms with Crippen LogP contribution in [0.1, 0.15) is 12.8 Å². The Bertz CT molecular complexity index is 571. The van der Waals surface area contributed by atoms with Crippen molar-refractivity contribution in [3.63, 3.8) is 0 Å². The van der Waals surface area contributed by atoms with Crippen LogP contribution in [0.3, 0.4) is 0 Å². The van der Waals surface area contributed by atoms with Crippen LogP contribution in [0.5, 0.6) is 5.75 Å². The minimum atomic E-state index is -0.218. The molecule has 0 aliphatic carbocycles. The van der Waals surface area contributed by atoms with E-state index in [-0.39, 0.29) is 12.0 Å². The van der Waals surface area contributed by atoms with Crippen molar-refractivity contribution < 1.29 is 14.3 Å². The van der Waals surface area contributed by atoms with Gasteiger partial charge in [0.05, 0.1) is 5.02 Å². The lowest BCUT2D eigenvalue weighted by molar-refractivity contribution is -0.142. The van der Waals surface area contributed by atoms with E-state index in [4.69, 9.17) is 32.7 Å². The molecular weight excluding hydrogens is 351 g/mol. The molecule has 2 aliphatic rings. The van der Waals surface area contributed by atoms with E-state index >= 15 is 0 Å². The Morgan fingerprint density at radius 2 is 2.04 bits per heavy atom. The van der Waals surface area contributed by atoms with Crippen LogP contribution in [0.2, 0.25) is 10.0 Å². The highest BCUT2D eigenvalue weighted by Crippen LogP contribution is 2.27. The second kappa shape index (κ2) is 8.39. The lowest BCUT2D eigenvalue weighted by Gasteiger charge is -2.35. The molecule has 2 saturated heterocycles. The first kappa shape index (κ1) is 17.8. The first-order chi connectivity index (χ1) is 11.6. The Hall–Kier alpha value is -1.01. The number of piperazine rings is 1. The van der Waals surface area contributed by atoms with Crippen LogP contribution in [0.25, 0.3) is 0 Å². The molecule has 1 unspecified atom stereocenters. The molecule has 1 atom stereocenters. The summed E-state index contributed by atoms with van der Waals surface area (Å²) in [5.41, 5.74) is 0. The van der Waals surface area contributed by atoms with Gasteiger partial charge in [0, 0.05) is 50.4 Å². The molecule has 5 nitrogen and oxygen atoms in total. The summed E-state index contributed by atoms with van der Waals surface area (Å²) in [6, 6.07) is 5.19. The fraction of sp³-hybridized carbons (Fsp3) is 0.588. The van der Waals surface area contributed by atoms with Crippen molar-refractivity contribution in [1.82, 2.24) is 9.80 Å². The summed E-state index contributed by atoms with van der Waals surface area (Å²) in [5.74, 6) is 0.755. The highest BCUT2D eigenvalue weighted by Gasteiger charge is 2.30. The summed E-state index contributed by atoms with van der Waals surface area (Å²) in [4.78, 5) is 16.5. The van der Waals surface area contributed by atoms with Gasteiger partial charge in [-0.2, -0.15) is 0 Å². The Balaban J connectivity index is 1.39. The SMILES string of the molecule is O=C(C1CCCO1)N1CCN(CCOc2cc(Cl)ccc2Cl)CC1. The van der Waals surface area contributed by atoms with E-state index in [2.05, 4.69) is 4.90 Å². The first-order valence-electron chi connectivity index (χ1n) is 8.34. The van der Waals surface area contributed by atoms with Crippen LogP contribution >= 0.6 is 23.2 Å². The van der Waals surface area contributed by atoms with Crippen LogP contribution in [0.15, 0.2) is 18.2 Å². The van der Waals surface area contributed by atoms with Crippen LogP contribution in [-0.4, -0.2) is 67.7 Å². The molecule has 0 saturated carbocycles. The predicted octanol–water partition coefficient (Wildman–Crippen LogP) is 2.70. The molecular formula is C17H22Cl2N2O3. The second-order valence-corrected chi connectivity index (χ2v) is 6.94. The van der Waals surface area contributed by atoms with E-state index in [1.807, 2.05) is 4.90 Å². The Morgan fingerprint density at radius 1 is 1.25 bits per heavy atom. The molecule has 1 aromatic carbocycles. The number of carbonyl (C=O) groups is 1. The van der Waals surface area contributed by atoms with Gasteiger partial charge in [0.2, 0.25) is 0 Å². The van der Waals surface area contributed by atoms with Crippen LogP contribution in [0, 0.1) is 0 Å². The molecule has 0 bridgehead atoms. The van der Waals surface area contributed by atoms with Gasteiger partial charge < -0.3 is 14.4 Å². The summed E-state index contributed by atoms with van der Waals surface area (Å²) < 4.78 is 11.2. The van der Waals surface area contributed by atoms with Crippen molar-refractivity contribution >= 4 is 29.1 Å². The minimum Gasteiger partial charge on any atom is -0.491 e. The molecule has 132 valence electrons. The van der Waals surface area contributed by atoms with Crippen molar-refractivity contribution in [2.75, 3.05) is 45.9 Å². The molecule has 0 radical (unpaired) electrons. The zero-order chi connectivity index (χ0) is 16.9.